The van der Waals surface area contributed by atoms with Gasteiger partial charge in [-0.3, -0.25) is 0 Å². The lowest BCUT2D eigenvalue weighted by molar-refractivity contribution is 0.199. The summed E-state index contributed by atoms with van der Waals surface area (Å²) in [7, 11) is 1.71. The molecule has 0 aliphatic heterocycles. The Hall–Kier alpha value is -1.03. The smallest absolute Gasteiger partial charge is 0.0670 e. The van der Waals surface area contributed by atoms with Crippen molar-refractivity contribution in [3.05, 3.63) is 35.5 Å². The normalized spacial score (nSPS) is 11.2. The number of para-hydroxylation sites is 1. The van der Waals surface area contributed by atoms with Gasteiger partial charge in [0.05, 0.1) is 17.1 Å². The van der Waals surface area contributed by atoms with E-state index in [-0.39, 0.29) is 0 Å². The first-order valence-electron chi connectivity index (χ1n) is 5.76. The molecular formula is C13H17ClN2O. The molecule has 17 heavy (non-hydrogen) atoms. The van der Waals surface area contributed by atoms with Crippen LogP contribution in [-0.2, 0) is 11.3 Å². The van der Waals surface area contributed by atoms with E-state index in [2.05, 4.69) is 28.2 Å². The maximum absolute atomic E-state index is 6.20. The van der Waals surface area contributed by atoms with Crippen molar-refractivity contribution in [3.8, 4) is 0 Å². The molecule has 2 rings (SSSR count). The predicted molar refractivity (Wildman–Crippen MR) is 71.7 cm³/mol. The molecule has 92 valence electrons. The molecule has 1 aromatic carbocycles. The summed E-state index contributed by atoms with van der Waals surface area (Å²) in [4.78, 5) is 0. The van der Waals surface area contributed by atoms with Gasteiger partial charge in [-0.25, -0.2) is 0 Å². The van der Waals surface area contributed by atoms with Gasteiger partial charge in [-0.2, -0.15) is 0 Å². The molecule has 0 saturated heterocycles. The predicted octanol–water partition coefficient (Wildman–Crippen LogP) is 2.53. The lowest BCUT2D eigenvalue weighted by Gasteiger charge is -2.08. The van der Waals surface area contributed by atoms with Crippen LogP contribution < -0.4 is 5.32 Å². The van der Waals surface area contributed by atoms with Crippen LogP contribution in [0, 0.1) is 0 Å². The standard InChI is InChI=1S/C13H17ClN2O/c1-17-10-7-15-6-9-16-8-5-11-3-2-4-12(14)13(11)16/h2-5,8,15H,6-7,9-10H2,1H3. The highest BCUT2D eigenvalue weighted by Gasteiger charge is 2.03. The average Bonchev–Trinajstić information content (AvgIpc) is 2.74. The number of fused-ring (bicyclic) bond motifs is 1. The third-order valence-electron chi connectivity index (χ3n) is 2.75. The first-order valence-corrected chi connectivity index (χ1v) is 6.14. The van der Waals surface area contributed by atoms with E-state index in [0.29, 0.717) is 0 Å². The number of ether oxygens (including phenoxy) is 1. The van der Waals surface area contributed by atoms with Crippen molar-refractivity contribution in [1.82, 2.24) is 9.88 Å². The number of hydrogen-bond acceptors (Lipinski definition) is 2. The Morgan fingerprint density at radius 3 is 3.00 bits per heavy atom. The van der Waals surface area contributed by atoms with Crippen LogP contribution in [0.25, 0.3) is 10.9 Å². The van der Waals surface area contributed by atoms with Gasteiger partial charge in [0.1, 0.15) is 0 Å². The highest BCUT2D eigenvalue weighted by atomic mass is 35.5. The number of halogens is 1. The van der Waals surface area contributed by atoms with Gasteiger partial charge in [0, 0.05) is 38.3 Å². The Bertz CT molecular complexity index is 481. The maximum atomic E-state index is 6.20. The molecule has 0 amide bonds. The zero-order valence-electron chi connectivity index (χ0n) is 9.95. The van der Waals surface area contributed by atoms with E-state index in [9.17, 15) is 0 Å². The average molecular weight is 253 g/mol. The van der Waals surface area contributed by atoms with E-state index >= 15 is 0 Å². The number of benzene rings is 1. The van der Waals surface area contributed by atoms with Crippen LogP contribution in [-0.4, -0.2) is 31.4 Å². The molecular weight excluding hydrogens is 236 g/mol. The van der Waals surface area contributed by atoms with Gasteiger partial charge in [0.15, 0.2) is 0 Å². The van der Waals surface area contributed by atoms with Crippen molar-refractivity contribution >= 4 is 22.5 Å². The molecule has 0 saturated carbocycles. The fourth-order valence-electron chi connectivity index (χ4n) is 1.90. The topological polar surface area (TPSA) is 26.2 Å². The van der Waals surface area contributed by atoms with Gasteiger partial charge < -0.3 is 14.6 Å². The number of nitrogens with zero attached hydrogens (tertiary/aromatic N) is 1. The van der Waals surface area contributed by atoms with E-state index in [1.807, 2.05) is 12.1 Å². The van der Waals surface area contributed by atoms with Gasteiger partial charge in [-0.05, 0) is 12.1 Å². The second-order valence-electron chi connectivity index (χ2n) is 3.93. The molecule has 0 atom stereocenters. The van der Waals surface area contributed by atoms with Gasteiger partial charge in [0.2, 0.25) is 0 Å². The highest BCUT2D eigenvalue weighted by Crippen LogP contribution is 2.23. The highest BCUT2D eigenvalue weighted by molar-refractivity contribution is 6.35. The quantitative estimate of drug-likeness (QED) is 0.800. The summed E-state index contributed by atoms with van der Waals surface area (Å²) in [5.74, 6) is 0. The Morgan fingerprint density at radius 1 is 1.29 bits per heavy atom. The fourth-order valence-corrected chi connectivity index (χ4v) is 2.19. The number of hydrogen-bond donors (Lipinski definition) is 1. The van der Waals surface area contributed by atoms with E-state index in [4.69, 9.17) is 16.3 Å². The minimum Gasteiger partial charge on any atom is -0.383 e. The molecule has 1 aromatic heterocycles. The van der Waals surface area contributed by atoms with Crippen LogP contribution in [0.4, 0.5) is 0 Å². The summed E-state index contributed by atoms with van der Waals surface area (Å²) >= 11 is 6.20. The third-order valence-corrected chi connectivity index (χ3v) is 3.06. The molecule has 1 heterocycles. The van der Waals surface area contributed by atoms with Gasteiger partial charge in [-0.1, -0.05) is 23.7 Å². The maximum Gasteiger partial charge on any atom is 0.0670 e. The van der Waals surface area contributed by atoms with Crippen molar-refractivity contribution in [3.63, 3.8) is 0 Å². The van der Waals surface area contributed by atoms with E-state index < -0.39 is 0 Å². The van der Waals surface area contributed by atoms with Crippen molar-refractivity contribution in [2.45, 2.75) is 6.54 Å². The summed E-state index contributed by atoms with van der Waals surface area (Å²) in [6.45, 7) is 3.45. The largest absolute Gasteiger partial charge is 0.383 e. The van der Waals surface area contributed by atoms with Gasteiger partial charge >= 0.3 is 0 Å². The summed E-state index contributed by atoms with van der Waals surface area (Å²) in [5, 5.41) is 5.32. The van der Waals surface area contributed by atoms with Crippen LogP contribution in [0.2, 0.25) is 5.02 Å². The number of rotatable bonds is 6. The summed E-state index contributed by atoms with van der Waals surface area (Å²) in [5.41, 5.74) is 1.11. The molecule has 4 heteroatoms. The lowest BCUT2D eigenvalue weighted by Crippen LogP contribution is -2.23. The molecule has 0 aliphatic carbocycles. The second kappa shape index (κ2) is 6.05. The van der Waals surface area contributed by atoms with Gasteiger partial charge in [-0.15, -0.1) is 0 Å². The Kier molecular flexibility index (Phi) is 4.42. The molecule has 0 radical (unpaired) electrons. The molecule has 0 spiro atoms. The Morgan fingerprint density at radius 2 is 2.18 bits per heavy atom. The first-order chi connectivity index (χ1) is 8.33. The van der Waals surface area contributed by atoms with E-state index in [1.165, 1.54) is 5.39 Å². The van der Waals surface area contributed by atoms with Crippen molar-refractivity contribution in [2.24, 2.45) is 0 Å². The summed E-state index contributed by atoms with van der Waals surface area (Å²) in [6.07, 6.45) is 2.08. The van der Waals surface area contributed by atoms with Crippen molar-refractivity contribution in [1.29, 1.82) is 0 Å². The van der Waals surface area contributed by atoms with Gasteiger partial charge in [0.25, 0.3) is 0 Å². The molecule has 0 bridgehead atoms. The first kappa shape index (κ1) is 12.4. The number of methoxy groups -OCH3 is 1. The molecule has 0 fully saturated rings. The number of nitrogens with one attached hydrogen (secondary N) is 1. The van der Waals surface area contributed by atoms with Crippen molar-refractivity contribution in [2.75, 3.05) is 26.8 Å². The molecule has 3 nitrogen and oxygen atoms in total. The zero-order chi connectivity index (χ0) is 12.1. The van der Waals surface area contributed by atoms with Crippen LogP contribution in [0.15, 0.2) is 30.5 Å². The SMILES string of the molecule is COCCNCCn1ccc2cccc(Cl)c21. The summed E-state index contributed by atoms with van der Waals surface area (Å²) < 4.78 is 7.16. The van der Waals surface area contributed by atoms with Crippen LogP contribution >= 0.6 is 11.6 Å². The Labute approximate surface area is 106 Å². The fraction of sp³-hybridized carbons (Fsp3) is 0.385. The summed E-state index contributed by atoms with van der Waals surface area (Å²) in [6, 6.07) is 8.08. The van der Waals surface area contributed by atoms with Crippen molar-refractivity contribution < 1.29 is 4.74 Å². The lowest BCUT2D eigenvalue weighted by atomic mass is 10.2. The monoisotopic (exact) mass is 252 g/mol. The van der Waals surface area contributed by atoms with E-state index in [1.54, 1.807) is 7.11 Å². The third kappa shape index (κ3) is 3.00. The molecule has 1 N–H and O–H groups in total. The molecule has 0 unspecified atom stereocenters. The molecule has 2 aromatic rings. The van der Waals surface area contributed by atoms with Crippen LogP contribution in [0.1, 0.15) is 0 Å². The molecule has 0 aliphatic rings. The van der Waals surface area contributed by atoms with E-state index in [0.717, 1.165) is 36.8 Å². The Balaban J connectivity index is 1.99. The minimum atomic E-state index is 0.743. The minimum absolute atomic E-state index is 0.743. The van der Waals surface area contributed by atoms with Crippen LogP contribution in [0.5, 0.6) is 0 Å². The zero-order valence-corrected chi connectivity index (χ0v) is 10.7. The number of aromatic nitrogens is 1. The second-order valence-corrected chi connectivity index (χ2v) is 4.34. The van der Waals surface area contributed by atoms with Crippen LogP contribution in [0.3, 0.4) is 0 Å².